The lowest BCUT2D eigenvalue weighted by Crippen LogP contribution is -2.33. The zero-order valence-electron chi connectivity index (χ0n) is 13.7. The first-order valence-corrected chi connectivity index (χ1v) is 8.16. The van der Waals surface area contributed by atoms with Crippen LogP contribution in [0.4, 0.5) is 5.82 Å². The molecular weight excluding hydrogens is 340 g/mol. The molecule has 1 aliphatic rings. The Labute approximate surface area is 148 Å². The van der Waals surface area contributed by atoms with Gasteiger partial charge < -0.3 is 25.4 Å². The molecule has 0 saturated carbocycles. The summed E-state index contributed by atoms with van der Waals surface area (Å²) in [4.78, 5) is 0. The summed E-state index contributed by atoms with van der Waals surface area (Å²) in [6.07, 6.45) is -2.86. The molecule has 10 nitrogen and oxygen atoms in total. The first-order chi connectivity index (χ1) is 12.7. The van der Waals surface area contributed by atoms with E-state index in [2.05, 4.69) is 25.8 Å². The van der Waals surface area contributed by atoms with Gasteiger partial charge in [0.05, 0.1) is 12.8 Å². The van der Waals surface area contributed by atoms with Gasteiger partial charge in [-0.3, -0.25) is 0 Å². The van der Waals surface area contributed by atoms with Crippen LogP contribution in [-0.2, 0) is 11.3 Å². The Hall–Kier alpha value is -2.66. The van der Waals surface area contributed by atoms with E-state index in [0.717, 1.165) is 5.56 Å². The van der Waals surface area contributed by atoms with Gasteiger partial charge in [-0.05, 0) is 5.56 Å². The molecule has 0 amide bonds. The summed E-state index contributed by atoms with van der Waals surface area (Å²) in [5.74, 6) is 0.448. The first kappa shape index (κ1) is 16.8. The largest absolute Gasteiger partial charge is 0.394 e. The maximum Gasteiger partial charge on any atom is 0.181 e. The van der Waals surface area contributed by atoms with Crippen LogP contribution in [-0.4, -0.2) is 65.4 Å². The molecule has 1 saturated heterocycles. The Morgan fingerprint density at radius 3 is 2.65 bits per heavy atom. The second kappa shape index (κ2) is 6.92. The van der Waals surface area contributed by atoms with Crippen LogP contribution >= 0.6 is 0 Å². The van der Waals surface area contributed by atoms with E-state index in [1.165, 1.54) is 10.9 Å². The SMILES string of the molecule is OCC1OC(n2nnc3c(NCc4ccccc4)nncc32)C(O)C1O. The van der Waals surface area contributed by atoms with Crippen LogP contribution in [0.15, 0.2) is 36.5 Å². The third-order valence-corrected chi connectivity index (χ3v) is 4.35. The molecular formula is C16H18N6O4. The van der Waals surface area contributed by atoms with Crippen molar-refractivity contribution in [3.05, 3.63) is 42.1 Å². The molecule has 4 rings (SSSR count). The molecule has 26 heavy (non-hydrogen) atoms. The molecule has 3 aromatic rings. The number of hydrogen-bond acceptors (Lipinski definition) is 9. The number of nitrogens with zero attached hydrogens (tertiary/aromatic N) is 5. The Morgan fingerprint density at radius 2 is 1.92 bits per heavy atom. The average molecular weight is 358 g/mol. The fraction of sp³-hybridized carbons (Fsp3) is 0.375. The third kappa shape index (κ3) is 2.88. The maximum absolute atomic E-state index is 10.2. The quantitative estimate of drug-likeness (QED) is 0.473. The van der Waals surface area contributed by atoms with Crippen molar-refractivity contribution in [3.63, 3.8) is 0 Å². The van der Waals surface area contributed by atoms with E-state index in [0.29, 0.717) is 23.4 Å². The lowest BCUT2D eigenvalue weighted by molar-refractivity contribution is -0.0572. The number of fused-ring (bicyclic) bond motifs is 1. The fourth-order valence-electron chi connectivity index (χ4n) is 2.95. The highest BCUT2D eigenvalue weighted by atomic mass is 16.6. The van der Waals surface area contributed by atoms with E-state index < -0.39 is 31.1 Å². The highest BCUT2D eigenvalue weighted by Crippen LogP contribution is 2.31. The van der Waals surface area contributed by atoms with Crippen molar-refractivity contribution in [2.24, 2.45) is 0 Å². The lowest BCUT2D eigenvalue weighted by atomic mass is 10.1. The van der Waals surface area contributed by atoms with Crippen LogP contribution in [0.1, 0.15) is 11.8 Å². The van der Waals surface area contributed by atoms with Crippen molar-refractivity contribution in [3.8, 4) is 0 Å². The molecule has 4 atom stereocenters. The summed E-state index contributed by atoms with van der Waals surface area (Å²) >= 11 is 0. The van der Waals surface area contributed by atoms with Crippen LogP contribution in [0, 0.1) is 0 Å². The number of aromatic nitrogens is 5. The van der Waals surface area contributed by atoms with E-state index >= 15 is 0 Å². The zero-order valence-corrected chi connectivity index (χ0v) is 13.7. The molecule has 1 aliphatic heterocycles. The number of nitrogens with one attached hydrogen (secondary N) is 1. The average Bonchev–Trinajstić information content (AvgIpc) is 3.23. The summed E-state index contributed by atoms with van der Waals surface area (Å²) in [6, 6.07) is 9.80. The number of aliphatic hydroxyl groups excluding tert-OH is 3. The number of rotatable bonds is 5. The van der Waals surface area contributed by atoms with Gasteiger partial charge in [0.25, 0.3) is 0 Å². The molecule has 0 bridgehead atoms. The molecule has 4 N–H and O–H groups in total. The minimum absolute atomic E-state index is 0.412. The van der Waals surface area contributed by atoms with Gasteiger partial charge in [0.1, 0.15) is 23.8 Å². The summed E-state index contributed by atoms with van der Waals surface area (Å²) in [6.45, 7) is 0.125. The number of benzene rings is 1. The maximum atomic E-state index is 10.2. The van der Waals surface area contributed by atoms with Crippen molar-refractivity contribution < 1.29 is 20.1 Å². The molecule has 136 valence electrons. The Kier molecular flexibility index (Phi) is 4.47. The van der Waals surface area contributed by atoms with Crippen LogP contribution < -0.4 is 5.32 Å². The van der Waals surface area contributed by atoms with Crippen LogP contribution in [0.3, 0.4) is 0 Å². The zero-order chi connectivity index (χ0) is 18.1. The topological polar surface area (TPSA) is 138 Å². The second-order valence-corrected chi connectivity index (χ2v) is 6.03. The molecule has 10 heteroatoms. The van der Waals surface area contributed by atoms with Gasteiger partial charge in [-0.15, -0.1) is 10.2 Å². The van der Waals surface area contributed by atoms with Crippen molar-refractivity contribution >= 4 is 16.9 Å². The normalized spacial score (nSPS) is 25.7. The number of anilines is 1. The minimum Gasteiger partial charge on any atom is -0.394 e. The van der Waals surface area contributed by atoms with Gasteiger partial charge in [0, 0.05) is 6.54 Å². The molecule has 1 aromatic carbocycles. The molecule has 4 unspecified atom stereocenters. The Bertz CT molecular complexity index is 889. The third-order valence-electron chi connectivity index (χ3n) is 4.35. The fourth-order valence-corrected chi connectivity index (χ4v) is 2.95. The summed E-state index contributed by atoms with van der Waals surface area (Å²) in [5, 5.41) is 48.6. The van der Waals surface area contributed by atoms with Crippen molar-refractivity contribution in [2.45, 2.75) is 31.1 Å². The second-order valence-electron chi connectivity index (χ2n) is 6.03. The monoisotopic (exact) mass is 358 g/mol. The number of aliphatic hydroxyl groups is 3. The molecule has 0 spiro atoms. The van der Waals surface area contributed by atoms with Crippen molar-refractivity contribution in [2.75, 3.05) is 11.9 Å². The van der Waals surface area contributed by atoms with Gasteiger partial charge in [-0.1, -0.05) is 35.5 Å². The van der Waals surface area contributed by atoms with E-state index in [1.807, 2.05) is 30.3 Å². The molecule has 0 radical (unpaired) electrons. The number of hydrogen-bond donors (Lipinski definition) is 4. The first-order valence-electron chi connectivity index (χ1n) is 8.16. The molecule has 0 aliphatic carbocycles. The van der Waals surface area contributed by atoms with Crippen molar-refractivity contribution in [1.82, 2.24) is 25.2 Å². The van der Waals surface area contributed by atoms with Crippen molar-refractivity contribution in [1.29, 1.82) is 0 Å². The van der Waals surface area contributed by atoms with Gasteiger partial charge in [-0.2, -0.15) is 5.10 Å². The molecule has 1 fully saturated rings. The Balaban J connectivity index is 1.61. The molecule has 2 aromatic heterocycles. The van der Waals surface area contributed by atoms with E-state index in [4.69, 9.17) is 4.74 Å². The van der Waals surface area contributed by atoms with E-state index in [9.17, 15) is 15.3 Å². The van der Waals surface area contributed by atoms with Crippen LogP contribution in [0.5, 0.6) is 0 Å². The van der Waals surface area contributed by atoms with Crippen LogP contribution in [0.25, 0.3) is 11.0 Å². The summed E-state index contributed by atoms with van der Waals surface area (Å²) in [7, 11) is 0. The predicted molar refractivity (Wildman–Crippen MR) is 89.9 cm³/mol. The smallest absolute Gasteiger partial charge is 0.181 e. The highest BCUT2D eigenvalue weighted by molar-refractivity contribution is 5.84. The van der Waals surface area contributed by atoms with Gasteiger partial charge in [-0.25, -0.2) is 4.68 Å². The lowest BCUT2D eigenvalue weighted by Gasteiger charge is -2.15. The van der Waals surface area contributed by atoms with Crippen LogP contribution in [0.2, 0.25) is 0 Å². The van der Waals surface area contributed by atoms with Gasteiger partial charge in [0.2, 0.25) is 0 Å². The minimum atomic E-state index is -1.24. The Morgan fingerprint density at radius 1 is 1.12 bits per heavy atom. The summed E-state index contributed by atoms with van der Waals surface area (Å²) < 4.78 is 6.83. The number of ether oxygens (including phenoxy) is 1. The summed E-state index contributed by atoms with van der Waals surface area (Å²) in [5.41, 5.74) is 2.03. The standard InChI is InChI=1S/C16H18N6O4/c23-8-11-13(24)14(25)16(26-11)22-10-7-18-20-15(12(10)19-21-22)17-6-9-4-2-1-3-5-9/h1-5,7,11,13-14,16,23-25H,6,8H2,(H,17,20). The predicted octanol–water partition coefficient (Wildman–Crippen LogP) is -0.555. The van der Waals surface area contributed by atoms with E-state index in [-0.39, 0.29) is 0 Å². The van der Waals surface area contributed by atoms with E-state index in [1.54, 1.807) is 0 Å². The van der Waals surface area contributed by atoms with Gasteiger partial charge in [0.15, 0.2) is 17.6 Å². The highest BCUT2D eigenvalue weighted by Gasteiger charge is 2.44. The molecule has 3 heterocycles. The van der Waals surface area contributed by atoms with Gasteiger partial charge >= 0.3 is 0 Å².